The molecule has 1 aliphatic rings. The molecule has 2 aromatic carbocycles. The molecule has 1 unspecified atom stereocenters. The summed E-state index contributed by atoms with van der Waals surface area (Å²) in [4.78, 5) is 13.1. The summed E-state index contributed by atoms with van der Waals surface area (Å²) in [5.41, 5.74) is 8.10. The predicted molar refractivity (Wildman–Crippen MR) is 125 cm³/mol. The third-order valence-corrected chi connectivity index (χ3v) is 8.11. The molecule has 3 heteroatoms. The number of hydrogen-bond donors (Lipinski definition) is 0. The number of fused-ring (bicyclic) bond motifs is 1. The molecule has 0 spiro atoms. The van der Waals surface area contributed by atoms with E-state index < -0.39 is 0 Å². The Bertz CT molecular complexity index is 948. The number of aryl methyl sites for hydroxylation is 1. The SMILES string of the molecule is Cc1ccc(C2C(=O)Oc3c2cc(C(C)(C)C)cc3C(C)(C)CI)c(C)c1C. The van der Waals surface area contributed by atoms with E-state index in [-0.39, 0.29) is 22.7 Å². The van der Waals surface area contributed by atoms with Crippen LogP contribution in [0.1, 0.15) is 79.5 Å². The lowest BCUT2D eigenvalue weighted by atomic mass is 9.76. The summed E-state index contributed by atoms with van der Waals surface area (Å²) in [6.07, 6.45) is 0. The smallest absolute Gasteiger partial charge is 0.323 e. The standard InChI is InChI=1S/C25H31IO2/c1-14-9-10-18(16(3)15(14)2)21-19-11-17(24(4,5)6)12-20(25(7,8)13-26)22(19)28-23(21)27/h9-12,21H,13H2,1-8H3. The highest BCUT2D eigenvalue weighted by atomic mass is 127. The van der Waals surface area contributed by atoms with Crippen molar-refractivity contribution in [3.05, 3.63) is 63.2 Å². The van der Waals surface area contributed by atoms with Crippen molar-refractivity contribution in [3.8, 4) is 5.75 Å². The summed E-state index contributed by atoms with van der Waals surface area (Å²) < 4.78 is 6.90. The minimum absolute atomic E-state index is 0.000439. The van der Waals surface area contributed by atoms with Gasteiger partial charge in [-0.25, -0.2) is 0 Å². The summed E-state index contributed by atoms with van der Waals surface area (Å²) in [6, 6.07) is 8.67. The fraction of sp³-hybridized carbons (Fsp3) is 0.480. The molecule has 1 atom stereocenters. The van der Waals surface area contributed by atoms with Gasteiger partial charge in [-0.1, -0.05) is 81.5 Å². The Morgan fingerprint density at radius 1 is 0.964 bits per heavy atom. The van der Waals surface area contributed by atoms with Gasteiger partial charge in [-0.15, -0.1) is 0 Å². The molecule has 0 saturated carbocycles. The molecule has 0 radical (unpaired) electrons. The second-order valence-corrected chi connectivity index (χ2v) is 10.5. The van der Waals surface area contributed by atoms with Gasteiger partial charge in [0, 0.05) is 21.0 Å². The Hall–Kier alpha value is -1.36. The number of hydrogen-bond acceptors (Lipinski definition) is 2. The first-order valence-electron chi connectivity index (χ1n) is 9.91. The predicted octanol–water partition coefficient (Wildman–Crippen LogP) is 6.67. The number of alkyl halides is 1. The Balaban J connectivity index is 2.31. The minimum Gasteiger partial charge on any atom is -0.425 e. The van der Waals surface area contributed by atoms with Crippen LogP contribution >= 0.6 is 22.6 Å². The fourth-order valence-electron chi connectivity index (χ4n) is 3.86. The van der Waals surface area contributed by atoms with Crippen LogP contribution in [0.3, 0.4) is 0 Å². The van der Waals surface area contributed by atoms with Crippen molar-refractivity contribution in [2.24, 2.45) is 0 Å². The second-order valence-electron chi connectivity index (χ2n) is 9.79. The first-order valence-corrected chi connectivity index (χ1v) is 11.4. The highest BCUT2D eigenvalue weighted by Crippen LogP contribution is 2.48. The van der Waals surface area contributed by atoms with Crippen LogP contribution in [0.5, 0.6) is 5.75 Å². The summed E-state index contributed by atoms with van der Waals surface area (Å²) >= 11 is 2.43. The van der Waals surface area contributed by atoms with Crippen molar-refractivity contribution >= 4 is 28.6 Å². The van der Waals surface area contributed by atoms with E-state index in [9.17, 15) is 4.79 Å². The average molecular weight is 490 g/mol. The maximum absolute atomic E-state index is 13.1. The number of carbonyl (C=O) groups is 1. The Morgan fingerprint density at radius 3 is 2.18 bits per heavy atom. The third kappa shape index (κ3) is 3.51. The van der Waals surface area contributed by atoms with Gasteiger partial charge < -0.3 is 4.74 Å². The molecule has 0 fully saturated rings. The minimum atomic E-state index is -0.347. The lowest BCUT2D eigenvalue weighted by molar-refractivity contribution is -0.133. The second kappa shape index (κ2) is 7.16. The van der Waals surface area contributed by atoms with Gasteiger partial charge in [-0.2, -0.15) is 0 Å². The summed E-state index contributed by atoms with van der Waals surface area (Å²) in [5, 5.41) is 0. The van der Waals surface area contributed by atoms with Gasteiger partial charge >= 0.3 is 5.97 Å². The summed E-state index contributed by atoms with van der Waals surface area (Å²) in [5.74, 6) is 0.278. The van der Waals surface area contributed by atoms with Crippen LogP contribution in [0.15, 0.2) is 24.3 Å². The molecule has 28 heavy (non-hydrogen) atoms. The van der Waals surface area contributed by atoms with E-state index in [2.05, 4.69) is 102 Å². The van der Waals surface area contributed by atoms with E-state index in [4.69, 9.17) is 4.74 Å². The van der Waals surface area contributed by atoms with Crippen molar-refractivity contribution in [1.82, 2.24) is 0 Å². The Kier molecular flexibility index (Phi) is 5.46. The highest BCUT2D eigenvalue weighted by Gasteiger charge is 2.40. The zero-order valence-corrected chi connectivity index (χ0v) is 20.4. The van der Waals surface area contributed by atoms with Crippen LogP contribution in [-0.2, 0) is 15.6 Å². The fourth-order valence-corrected chi connectivity index (χ4v) is 4.27. The van der Waals surface area contributed by atoms with Crippen LogP contribution in [0.25, 0.3) is 0 Å². The van der Waals surface area contributed by atoms with E-state index >= 15 is 0 Å². The molecule has 2 nitrogen and oxygen atoms in total. The number of carbonyl (C=O) groups excluding carboxylic acids is 1. The molecular formula is C25H31IO2. The van der Waals surface area contributed by atoms with Crippen molar-refractivity contribution in [3.63, 3.8) is 0 Å². The largest absolute Gasteiger partial charge is 0.425 e. The van der Waals surface area contributed by atoms with Crippen LogP contribution < -0.4 is 4.74 Å². The molecule has 0 N–H and O–H groups in total. The van der Waals surface area contributed by atoms with Gasteiger partial charge in [-0.3, -0.25) is 4.79 Å². The number of rotatable bonds is 3. The molecule has 0 bridgehead atoms. The van der Waals surface area contributed by atoms with Gasteiger partial charge in [-0.05, 0) is 54.0 Å². The molecule has 0 saturated heterocycles. The van der Waals surface area contributed by atoms with Crippen molar-refractivity contribution in [1.29, 1.82) is 0 Å². The molecule has 3 rings (SSSR count). The maximum atomic E-state index is 13.1. The monoisotopic (exact) mass is 490 g/mol. The first-order chi connectivity index (χ1) is 12.9. The van der Waals surface area contributed by atoms with Gasteiger partial charge in [0.15, 0.2) is 0 Å². The zero-order chi connectivity index (χ0) is 21.0. The number of esters is 1. The van der Waals surface area contributed by atoms with Crippen molar-refractivity contribution < 1.29 is 9.53 Å². The summed E-state index contributed by atoms with van der Waals surface area (Å²) in [6.45, 7) is 17.5. The highest BCUT2D eigenvalue weighted by molar-refractivity contribution is 14.1. The van der Waals surface area contributed by atoms with Gasteiger partial charge in [0.05, 0.1) is 0 Å². The number of benzene rings is 2. The van der Waals surface area contributed by atoms with E-state index in [0.29, 0.717) is 0 Å². The van der Waals surface area contributed by atoms with Gasteiger partial charge in [0.25, 0.3) is 0 Å². The average Bonchev–Trinajstić information content (AvgIpc) is 2.94. The van der Waals surface area contributed by atoms with Crippen LogP contribution in [0.2, 0.25) is 0 Å². The van der Waals surface area contributed by atoms with Crippen LogP contribution in [-0.4, -0.2) is 10.4 Å². The van der Waals surface area contributed by atoms with Crippen LogP contribution in [0, 0.1) is 20.8 Å². The van der Waals surface area contributed by atoms with E-state index in [0.717, 1.165) is 26.9 Å². The maximum Gasteiger partial charge on any atom is 0.323 e. The lowest BCUT2D eigenvalue weighted by Gasteiger charge is -2.28. The quantitative estimate of drug-likeness (QED) is 0.208. The van der Waals surface area contributed by atoms with E-state index in [1.165, 1.54) is 22.3 Å². The topological polar surface area (TPSA) is 26.3 Å². The molecule has 1 aliphatic heterocycles. The Labute approximate surface area is 183 Å². The van der Waals surface area contributed by atoms with Crippen molar-refractivity contribution in [2.75, 3.05) is 4.43 Å². The molecular weight excluding hydrogens is 459 g/mol. The molecule has 0 amide bonds. The van der Waals surface area contributed by atoms with Crippen LogP contribution in [0.4, 0.5) is 0 Å². The van der Waals surface area contributed by atoms with Gasteiger partial charge in [0.1, 0.15) is 11.7 Å². The normalized spacial score (nSPS) is 16.9. The molecule has 1 heterocycles. The molecule has 2 aromatic rings. The summed E-state index contributed by atoms with van der Waals surface area (Å²) in [7, 11) is 0. The molecule has 150 valence electrons. The number of halogens is 1. The lowest BCUT2D eigenvalue weighted by Crippen LogP contribution is -2.22. The molecule has 0 aliphatic carbocycles. The van der Waals surface area contributed by atoms with Gasteiger partial charge in [0.2, 0.25) is 0 Å². The number of ether oxygens (including phenoxy) is 1. The van der Waals surface area contributed by atoms with Crippen molar-refractivity contribution in [2.45, 2.75) is 72.1 Å². The molecule has 0 aromatic heterocycles. The van der Waals surface area contributed by atoms with E-state index in [1.807, 2.05) is 0 Å². The zero-order valence-electron chi connectivity index (χ0n) is 18.3. The Morgan fingerprint density at radius 2 is 1.61 bits per heavy atom. The third-order valence-electron chi connectivity index (χ3n) is 6.21. The first kappa shape index (κ1) is 21.4. The van der Waals surface area contributed by atoms with E-state index in [1.54, 1.807) is 0 Å².